The van der Waals surface area contributed by atoms with E-state index in [1.165, 1.54) is 11.1 Å². The summed E-state index contributed by atoms with van der Waals surface area (Å²) in [4.78, 5) is 0. The van der Waals surface area contributed by atoms with Crippen molar-refractivity contribution in [1.82, 2.24) is 0 Å². The molecule has 0 heterocycles. The minimum Gasteiger partial charge on any atom is -1.00 e. The van der Waals surface area contributed by atoms with Gasteiger partial charge in [-0.25, -0.2) is 0 Å². The third-order valence-corrected chi connectivity index (χ3v) is 2.22. The first-order chi connectivity index (χ1) is 7.45. The van der Waals surface area contributed by atoms with Gasteiger partial charge in [0.2, 0.25) is 0 Å². The Kier molecular flexibility index (Phi) is 5.96. The Morgan fingerprint density at radius 2 is 1.06 bits per heavy atom. The molecule has 0 aliphatic carbocycles. The van der Waals surface area contributed by atoms with Crippen molar-refractivity contribution in [2.24, 2.45) is 0 Å². The molecule has 0 unspecified atom stereocenters. The predicted molar refractivity (Wildman–Crippen MR) is 62.5 cm³/mol. The second-order valence-corrected chi connectivity index (χ2v) is 3.46. The van der Waals surface area contributed by atoms with Gasteiger partial charge in [0.1, 0.15) is 0 Å². The molecule has 2 aromatic rings. The van der Waals surface area contributed by atoms with Crippen molar-refractivity contribution >= 4 is 0 Å². The first kappa shape index (κ1) is 13.1. The van der Waals surface area contributed by atoms with Crippen LogP contribution in [0.1, 0.15) is 12.6 Å². The molecule has 0 radical (unpaired) electrons. The zero-order valence-electron chi connectivity index (χ0n) is 10.6. The molecule has 0 fully saturated rings. The molecular formula is C14H15LiO. The number of benzene rings is 2. The molecule has 0 aliphatic rings. The molecule has 0 spiro atoms. The standard InChI is InChI=1S/C14H14O.Li.H/c1-3-7-13(8-4-1)11-15-12-14-9-5-2-6-10-14;;/h1-10H,11-12H2;;/q;+1;-1. The molecule has 16 heavy (non-hydrogen) atoms. The van der Waals surface area contributed by atoms with E-state index in [0.717, 1.165) is 0 Å². The summed E-state index contributed by atoms with van der Waals surface area (Å²) in [6.07, 6.45) is 0. The minimum atomic E-state index is 0. The quantitative estimate of drug-likeness (QED) is 0.663. The number of hydrogen-bond acceptors (Lipinski definition) is 1. The molecule has 0 atom stereocenters. The normalized spacial score (nSPS) is 9.50. The van der Waals surface area contributed by atoms with Gasteiger partial charge in [0.25, 0.3) is 0 Å². The minimum absolute atomic E-state index is 0. The molecule has 0 amide bonds. The molecule has 0 aliphatic heterocycles. The Bertz CT molecular complexity index is 352. The van der Waals surface area contributed by atoms with Crippen LogP contribution in [0.4, 0.5) is 0 Å². The summed E-state index contributed by atoms with van der Waals surface area (Å²) in [5.74, 6) is 0. The Morgan fingerprint density at radius 3 is 1.44 bits per heavy atom. The van der Waals surface area contributed by atoms with Gasteiger partial charge in [-0.2, -0.15) is 0 Å². The monoisotopic (exact) mass is 206 g/mol. The van der Waals surface area contributed by atoms with Crippen LogP contribution in [0.3, 0.4) is 0 Å². The third-order valence-electron chi connectivity index (χ3n) is 2.22. The molecule has 0 aromatic heterocycles. The molecule has 2 rings (SSSR count). The molecular weight excluding hydrogens is 191 g/mol. The third kappa shape index (κ3) is 4.24. The van der Waals surface area contributed by atoms with Crippen LogP contribution in [0.5, 0.6) is 0 Å². The molecule has 78 valence electrons. The number of ether oxygens (including phenoxy) is 1. The van der Waals surface area contributed by atoms with Crippen LogP contribution in [-0.2, 0) is 18.0 Å². The van der Waals surface area contributed by atoms with Crippen LogP contribution in [0.2, 0.25) is 0 Å². The van der Waals surface area contributed by atoms with E-state index in [1.807, 2.05) is 36.4 Å². The summed E-state index contributed by atoms with van der Waals surface area (Å²) in [6.45, 7) is 1.35. The maximum atomic E-state index is 5.61. The first-order valence-corrected chi connectivity index (χ1v) is 5.11. The zero-order valence-corrected chi connectivity index (χ0v) is 9.60. The average Bonchev–Trinajstić information content (AvgIpc) is 2.32. The summed E-state index contributed by atoms with van der Waals surface area (Å²) < 4.78 is 5.61. The van der Waals surface area contributed by atoms with Gasteiger partial charge in [0.15, 0.2) is 0 Å². The second-order valence-electron chi connectivity index (χ2n) is 3.46. The van der Waals surface area contributed by atoms with E-state index in [0.29, 0.717) is 13.2 Å². The van der Waals surface area contributed by atoms with E-state index in [2.05, 4.69) is 24.3 Å². The molecule has 2 aromatic carbocycles. The predicted octanol–water partition coefficient (Wildman–Crippen LogP) is 0.520. The van der Waals surface area contributed by atoms with Crippen LogP contribution in [0, 0.1) is 0 Å². The van der Waals surface area contributed by atoms with Crippen LogP contribution in [0.25, 0.3) is 0 Å². The topological polar surface area (TPSA) is 9.23 Å². The van der Waals surface area contributed by atoms with E-state index in [1.54, 1.807) is 0 Å². The van der Waals surface area contributed by atoms with E-state index in [9.17, 15) is 0 Å². The molecule has 0 N–H and O–H groups in total. The van der Waals surface area contributed by atoms with Crippen LogP contribution >= 0.6 is 0 Å². The Labute approximate surface area is 110 Å². The average molecular weight is 206 g/mol. The van der Waals surface area contributed by atoms with Crippen molar-refractivity contribution in [3.63, 3.8) is 0 Å². The first-order valence-electron chi connectivity index (χ1n) is 5.11. The van der Waals surface area contributed by atoms with Gasteiger partial charge in [-0.3, -0.25) is 0 Å². The molecule has 2 heteroatoms. The Hall–Kier alpha value is -1.00. The fraction of sp³-hybridized carbons (Fsp3) is 0.143. The maximum absolute atomic E-state index is 5.61. The smallest absolute Gasteiger partial charge is 1.00 e. The fourth-order valence-corrected chi connectivity index (χ4v) is 1.44. The van der Waals surface area contributed by atoms with Crippen molar-refractivity contribution in [1.29, 1.82) is 0 Å². The van der Waals surface area contributed by atoms with Crippen LogP contribution in [-0.4, -0.2) is 0 Å². The van der Waals surface area contributed by atoms with E-state index >= 15 is 0 Å². The van der Waals surface area contributed by atoms with Gasteiger partial charge in [-0.1, -0.05) is 60.7 Å². The maximum Gasteiger partial charge on any atom is 1.00 e. The molecule has 0 bridgehead atoms. The summed E-state index contributed by atoms with van der Waals surface area (Å²) in [5.41, 5.74) is 2.43. The molecule has 0 saturated heterocycles. The van der Waals surface area contributed by atoms with E-state index in [4.69, 9.17) is 4.74 Å². The second kappa shape index (κ2) is 7.30. The van der Waals surface area contributed by atoms with E-state index in [-0.39, 0.29) is 20.3 Å². The van der Waals surface area contributed by atoms with Crippen molar-refractivity contribution in [3.8, 4) is 0 Å². The summed E-state index contributed by atoms with van der Waals surface area (Å²) in [7, 11) is 0. The van der Waals surface area contributed by atoms with Gasteiger partial charge >= 0.3 is 18.9 Å². The summed E-state index contributed by atoms with van der Waals surface area (Å²) >= 11 is 0. The van der Waals surface area contributed by atoms with Crippen LogP contribution < -0.4 is 18.9 Å². The largest absolute Gasteiger partial charge is 1.00 e. The Balaban J connectivity index is 0.00000128. The summed E-state index contributed by atoms with van der Waals surface area (Å²) in [5, 5.41) is 0. The van der Waals surface area contributed by atoms with Crippen molar-refractivity contribution in [2.45, 2.75) is 13.2 Å². The van der Waals surface area contributed by atoms with Crippen LogP contribution in [0.15, 0.2) is 60.7 Å². The van der Waals surface area contributed by atoms with Gasteiger partial charge in [-0.15, -0.1) is 0 Å². The van der Waals surface area contributed by atoms with Gasteiger partial charge in [-0.05, 0) is 11.1 Å². The van der Waals surface area contributed by atoms with Gasteiger partial charge in [0, 0.05) is 0 Å². The van der Waals surface area contributed by atoms with E-state index < -0.39 is 0 Å². The van der Waals surface area contributed by atoms with Crippen molar-refractivity contribution < 1.29 is 25.0 Å². The molecule has 1 nitrogen and oxygen atoms in total. The number of hydrogen-bond donors (Lipinski definition) is 0. The summed E-state index contributed by atoms with van der Waals surface area (Å²) in [6, 6.07) is 20.4. The van der Waals surface area contributed by atoms with Crippen molar-refractivity contribution in [2.75, 3.05) is 0 Å². The fourth-order valence-electron chi connectivity index (χ4n) is 1.44. The Morgan fingerprint density at radius 1 is 0.688 bits per heavy atom. The van der Waals surface area contributed by atoms with Crippen molar-refractivity contribution in [3.05, 3.63) is 71.8 Å². The van der Waals surface area contributed by atoms with Gasteiger partial charge in [0.05, 0.1) is 13.2 Å². The zero-order chi connectivity index (χ0) is 10.3. The van der Waals surface area contributed by atoms with Gasteiger partial charge < -0.3 is 6.16 Å². The number of rotatable bonds is 4. The SMILES string of the molecule is [H-].[Li+].c1ccc(COCc2ccccc2)cc1. The molecule has 0 saturated carbocycles.